The Bertz CT molecular complexity index is 1630. The minimum atomic E-state index is -4.74. The van der Waals surface area contributed by atoms with Crippen LogP contribution in [0.25, 0.3) is 17.1 Å². The summed E-state index contributed by atoms with van der Waals surface area (Å²) < 4.78 is 42.6. The Morgan fingerprint density at radius 1 is 1.07 bits per heavy atom. The molecule has 236 valence electrons. The van der Waals surface area contributed by atoms with Crippen LogP contribution in [-0.2, 0) is 11.2 Å². The Morgan fingerprint density at radius 3 is 2.53 bits per heavy atom. The largest absolute Gasteiger partial charge is 0.573 e. The van der Waals surface area contributed by atoms with Gasteiger partial charge in [0.25, 0.3) is 0 Å². The van der Waals surface area contributed by atoms with Crippen LogP contribution in [0.1, 0.15) is 49.3 Å². The Labute approximate surface area is 265 Å². The molecule has 1 fully saturated rings. The SMILES string of the molecule is Cc1ccc(C(C)C)c(N2CCS/C2=C\C(=O)NCCCCc2ccc(-c3ncn(-c4ccc(OC(F)(F)F)cc4)n3)cc2)c1. The van der Waals surface area contributed by atoms with E-state index in [4.69, 9.17) is 0 Å². The van der Waals surface area contributed by atoms with E-state index in [1.807, 2.05) is 24.3 Å². The molecule has 1 saturated heterocycles. The maximum Gasteiger partial charge on any atom is 0.573 e. The van der Waals surface area contributed by atoms with E-state index in [1.165, 1.54) is 57.7 Å². The van der Waals surface area contributed by atoms with Gasteiger partial charge in [0.1, 0.15) is 12.1 Å². The van der Waals surface area contributed by atoms with E-state index in [2.05, 4.69) is 64.0 Å². The highest BCUT2D eigenvalue weighted by Crippen LogP contribution is 2.37. The smallest absolute Gasteiger partial charge is 0.406 e. The zero-order valence-electron chi connectivity index (χ0n) is 25.5. The Morgan fingerprint density at radius 2 is 1.82 bits per heavy atom. The summed E-state index contributed by atoms with van der Waals surface area (Å²) in [7, 11) is 0. The highest BCUT2D eigenvalue weighted by atomic mass is 32.2. The second-order valence-corrected chi connectivity index (χ2v) is 12.3. The van der Waals surface area contributed by atoms with Crippen LogP contribution in [0.5, 0.6) is 5.75 Å². The van der Waals surface area contributed by atoms with Gasteiger partial charge in [0.15, 0.2) is 5.82 Å². The quantitative estimate of drug-likeness (QED) is 0.134. The summed E-state index contributed by atoms with van der Waals surface area (Å²) in [6.07, 6.45) is 1.18. The van der Waals surface area contributed by atoms with Crippen LogP contribution in [0, 0.1) is 6.92 Å². The minimum absolute atomic E-state index is 0.0648. The van der Waals surface area contributed by atoms with Crippen LogP contribution < -0.4 is 15.0 Å². The van der Waals surface area contributed by atoms with Gasteiger partial charge in [-0.2, -0.15) is 0 Å². The molecule has 1 aliphatic rings. The monoisotopic (exact) mass is 635 g/mol. The summed E-state index contributed by atoms with van der Waals surface area (Å²) in [6, 6.07) is 20.0. The molecule has 0 radical (unpaired) electrons. The molecular formula is C34H36F3N5O2S. The average molecular weight is 636 g/mol. The number of carbonyl (C=O) groups is 1. The molecular weight excluding hydrogens is 599 g/mol. The van der Waals surface area contributed by atoms with Gasteiger partial charge in [0, 0.05) is 36.2 Å². The first-order chi connectivity index (χ1) is 21.6. The highest BCUT2D eigenvalue weighted by Gasteiger charge is 2.31. The van der Waals surface area contributed by atoms with E-state index >= 15 is 0 Å². The lowest BCUT2D eigenvalue weighted by Gasteiger charge is -2.24. The number of alkyl halides is 3. The molecule has 0 spiro atoms. The Hall–Kier alpha value is -4.25. The van der Waals surface area contributed by atoms with E-state index in [-0.39, 0.29) is 11.7 Å². The first kappa shape index (κ1) is 32.2. The molecule has 0 bridgehead atoms. The Kier molecular flexibility index (Phi) is 10.2. The third kappa shape index (κ3) is 8.69. The van der Waals surface area contributed by atoms with Crippen molar-refractivity contribution >= 4 is 23.4 Å². The van der Waals surface area contributed by atoms with Gasteiger partial charge in [0.05, 0.1) is 10.7 Å². The van der Waals surface area contributed by atoms with Crippen LogP contribution in [-0.4, -0.2) is 45.9 Å². The molecule has 1 N–H and O–H groups in total. The summed E-state index contributed by atoms with van der Waals surface area (Å²) in [5, 5.41) is 8.49. The van der Waals surface area contributed by atoms with Crippen molar-refractivity contribution in [2.75, 3.05) is 23.7 Å². The first-order valence-corrected chi connectivity index (χ1v) is 15.9. The van der Waals surface area contributed by atoms with E-state index < -0.39 is 6.36 Å². The van der Waals surface area contributed by atoms with Crippen molar-refractivity contribution in [3.05, 3.63) is 101 Å². The summed E-state index contributed by atoms with van der Waals surface area (Å²) in [4.78, 5) is 19.3. The molecule has 7 nitrogen and oxygen atoms in total. The van der Waals surface area contributed by atoms with E-state index in [1.54, 1.807) is 17.8 Å². The lowest BCUT2D eigenvalue weighted by molar-refractivity contribution is -0.274. The van der Waals surface area contributed by atoms with Crippen LogP contribution >= 0.6 is 11.8 Å². The number of halogens is 3. The number of unbranched alkanes of at least 4 members (excludes halogenated alkanes) is 1. The van der Waals surface area contributed by atoms with Crippen LogP contribution in [0.4, 0.5) is 18.9 Å². The van der Waals surface area contributed by atoms with Gasteiger partial charge in [0.2, 0.25) is 5.91 Å². The number of hydrogen-bond donors (Lipinski definition) is 1. The number of thioether (sulfide) groups is 1. The number of rotatable bonds is 11. The van der Waals surface area contributed by atoms with Crippen LogP contribution in [0.2, 0.25) is 0 Å². The summed E-state index contributed by atoms with van der Waals surface area (Å²) in [5.41, 5.74) is 6.26. The van der Waals surface area contributed by atoms with Crippen molar-refractivity contribution in [3.8, 4) is 22.8 Å². The molecule has 5 rings (SSSR count). The van der Waals surface area contributed by atoms with Crippen LogP contribution in [0.3, 0.4) is 0 Å². The zero-order valence-corrected chi connectivity index (χ0v) is 26.3. The molecule has 3 aromatic carbocycles. The van der Waals surface area contributed by atoms with Gasteiger partial charge in [-0.3, -0.25) is 4.79 Å². The number of carbonyl (C=O) groups excluding carboxylic acids is 1. The van der Waals surface area contributed by atoms with Gasteiger partial charge in [-0.25, -0.2) is 9.67 Å². The minimum Gasteiger partial charge on any atom is -0.406 e. The molecule has 0 aliphatic carbocycles. The Balaban J connectivity index is 1.08. The molecule has 1 aromatic heterocycles. The maximum absolute atomic E-state index is 12.7. The molecule has 45 heavy (non-hydrogen) atoms. The van der Waals surface area contributed by atoms with Crippen molar-refractivity contribution in [3.63, 3.8) is 0 Å². The molecule has 0 saturated carbocycles. The number of nitrogens with one attached hydrogen (secondary N) is 1. The summed E-state index contributed by atoms with van der Waals surface area (Å²) in [6.45, 7) is 7.99. The second kappa shape index (κ2) is 14.2. The van der Waals surface area contributed by atoms with Gasteiger partial charge < -0.3 is 15.0 Å². The number of aryl methyl sites for hydroxylation is 2. The van der Waals surface area contributed by atoms with E-state index in [9.17, 15) is 18.0 Å². The topological polar surface area (TPSA) is 72.3 Å². The molecule has 1 aliphatic heterocycles. The van der Waals surface area contributed by atoms with Gasteiger partial charge in [-0.05, 0) is 79.1 Å². The third-order valence-corrected chi connectivity index (χ3v) is 8.44. The molecule has 0 atom stereocenters. The predicted octanol–water partition coefficient (Wildman–Crippen LogP) is 7.80. The maximum atomic E-state index is 12.7. The van der Waals surface area contributed by atoms with Gasteiger partial charge in [-0.15, -0.1) is 30.0 Å². The standard InChI is InChI=1S/C34H36F3N5O2S/c1-23(2)29-16-7-24(3)20-30(29)41-18-19-45-32(41)21-31(43)38-17-5-4-6-25-8-10-26(11-9-25)33-39-22-42(40-33)27-12-14-28(15-13-27)44-34(35,36)37/h7-16,20-23H,4-6,17-19H2,1-3H3,(H,38,43)/b32-21-. The van der Waals surface area contributed by atoms with Crippen molar-refractivity contribution in [2.45, 2.75) is 52.3 Å². The summed E-state index contributed by atoms with van der Waals surface area (Å²) >= 11 is 1.72. The van der Waals surface area contributed by atoms with Gasteiger partial charge in [-0.1, -0.05) is 50.2 Å². The van der Waals surface area contributed by atoms with Crippen molar-refractivity contribution < 1.29 is 22.7 Å². The predicted molar refractivity (Wildman–Crippen MR) is 173 cm³/mol. The van der Waals surface area contributed by atoms with Crippen LogP contribution in [0.15, 0.2) is 84.2 Å². The van der Waals surface area contributed by atoms with Crippen molar-refractivity contribution in [2.24, 2.45) is 0 Å². The molecule has 2 heterocycles. The zero-order chi connectivity index (χ0) is 32.0. The van der Waals surface area contributed by atoms with E-state index in [0.717, 1.165) is 42.2 Å². The number of amides is 1. The third-order valence-electron chi connectivity index (χ3n) is 7.41. The number of aromatic nitrogens is 3. The highest BCUT2D eigenvalue weighted by molar-refractivity contribution is 8.03. The molecule has 1 amide bonds. The molecule has 11 heteroatoms. The van der Waals surface area contributed by atoms with Crippen molar-refractivity contribution in [1.29, 1.82) is 0 Å². The van der Waals surface area contributed by atoms with E-state index in [0.29, 0.717) is 24.0 Å². The number of ether oxygens (including phenoxy) is 1. The molecule has 4 aromatic rings. The van der Waals surface area contributed by atoms with Crippen molar-refractivity contribution in [1.82, 2.24) is 20.1 Å². The lowest BCUT2D eigenvalue weighted by atomic mass is 9.98. The first-order valence-electron chi connectivity index (χ1n) is 14.9. The summed E-state index contributed by atoms with van der Waals surface area (Å²) in [5.74, 6) is 1.51. The normalized spacial score (nSPS) is 14.4. The lowest BCUT2D eigenvalue weighted by Crippen LogP contribution is -2.25. The van der Waals surface area contributed by atoms with Gasteiger partial charge >= 0.3 is 6.36 Å². The average Bonchev–Trinajstić information content (AvgIpc) is 3.67. The molecule has 0 unspecified atom stereocenters. The fourth-order valence-corrected chi connectivity index (χ4v) is 6.15. The second-order valence-electron chi connectivity index (χ2n) is 11.2. The fraction of sp³-hybridized carbons (Fsp3) is 0.324. The fourth-order valence-electron chi connectivity index (χ4n) is 5.13. The number of hydrogen-bond acceptors (Lipinski definition) is 6. The number of nitrogens with zero attached hydrogens (tertiary/aromatic N) is 4. The number of anilines is 1. The number of benzene rings is 3.